The fourth-order valence-corrected chi connectivity index (χ4v) is 7.11. The maximum Gasteiger partial charge on any atom is 0.511 e. The standard InChI is InChI=1S/C48H69N7O11/c1-30(2)38(54(10)11)43(58)64-31(3)65-46(61)66-37(36(27-32-19-15-14-16-20-32)50-41(56)39(47(4,5)6)51-44(59)62-12)29-55(53-42(57)40(48(7,8)9)52-45(60)63-13)28-33-22-24-34(25-23-33)35-21-17-18-26-49-35/h14-26,30-31,36-40H,27-29H2,1-13H3,(H,50,56)(H,51,59)(H,52,60)(H,53,57)/t31?,36-,37-,38+,39+,40+/m0/s1. The highest BCUT2D eigenvalue weighted by atomic mass is 16.8. The van der Waals surface area contributed by atoms with Crippen LogP contribution in [0.1, 0.15) is 73.4 Å². The van der Waals surface area contributed by atoms with Gasteiger partial charge in [0.25, 0.3) is 5.91 Å². The average molecular weight is 920 g/mol. The normalized spacial score (nSPS) is 14.4. The number of carbonyl (C=O) groups is 6. The summed E-state index contributed by atoms with van der Waals surface area (Å²) in [5.74, 6) is -2.00. The summed E-state index contributed by atoms with van der Waals surface area (Å²) in [5.41, 5.74) is 4.31. The number of rotatable bonds is 20. The largest absolute Gasteiger partial charge is 0.511 e. The van der Waals surface area contributed by atoms with E-state index in [9.17, 15) is 28.8 Å². The molecule has 1 heterocycles. The van der Waals surface area contributed by atoms with Gasteiger partial charge in [-0.05, 0) is 60.5 Å². The Kier molecular flexibility index (Phi) is 20.4. The maximum absolute atomic E-state index is 14.4. The summed E-state index contributed by atoms with van der Waals surface area (Å²) in [6.45, 7) is 15.4. The monoisotopic (exact) mass is 920 g/mol. The van der Waals surface area contributed by atoms with Crippen molar-refractivity contribution in [2.75, 3.05) is 34.9 Å². The molecule has 1 aromatic heterocycles. The van der Waals surface area contributed by atoms with Gasteiger partial charge in [-0.3, -0.25) is 29.7 Å². The van der Waals surface area contributed by atoms with E-state index >= 15 is 0 Å². The van der Waals surface area contributed by atoms with Crippen molar-refractivity contribution in [2.24, 2.45) is 16.7 Å². The molecule has 18 nitrogen and oxygen atoms in total. The third-order valence-corrected chi connectivity index (χ3v) is 10.4. The number of hydrogen-bond acceptors (Lipinski definition) is 14. The summed E-state index contributed by atoms with van der Waals surface area (Å²) < 4.78 is 26.9. The van der Waals surface area contributed by atoms with Crippen molar-refractivity contribution in [2.45, 2.75) is 112 Å². The molecule has 66 heavy (non-hydrogen) atoms. The molecule has 0 spiro atoms. The molecule has 3 rings (SSSR count). The lowest BCUT2D eigenvalue weighted by Crippen LogP contribution is -2.61. The Bertz CT molecular complexity index is 2030. The van der Waals surface area contributed by atoms with Crippen LogP contribution in [0.4, 0.5) is 14.4 Å². The average Bonchev–Trinajstić information content (AvgIpc) is 3.23. The Hall–Kier alpha value is -6.27. The number of likely N-dealkylation sites (N-methyl/N-ethyl adjacent to an activating group) is 1. The van der Waals surface area contributed by atoms with Gasteiger partial charge in [0.15, 0.2) is 0 Å². The van der Waals surface area contributed by atoms with E-state index in [4.69, 9.17) is 23.7 Å². The first-order valence-corrected chi connectivity index (χ1v) is 21.8. The zero-order chi connectivity index (χ0) is 49.4. The molecule has 0 saturated carbocycles. The van der Waals surface area contributed by atoms with Gasteiger partial charge in [0.2, 0.25) is 12.2 Å². The molecule has 0 saturated heterocycles. The van der Waals surface area contributed by atoms with E-state index in [2.05, 4.69) is 26.4 Å². The molecule has 362 valence electrons. The van der Waals surface area contributed by atoms with E-state index in [1.54, 1.807) is 66.7 Å². The molecule has 0 aliphatic carbocycles. The highest BCUT2D eigenvalue weighted by Crippen LogP contribution is 2.24. The first kappa shape index (κ1) is 54.1. The third-order valence-electron chi connectivity index (χ3n) is 10.4. The summed E-state index contributed by atoms with van der Waals surface area (Å²) in [7, 11) is 5.84. The van der Waals surface area contributed by atoms with Gasteiger partial charge in [-0.15, -0.1) is 0 Å². The highest BCUT2D eigenvalue weighted by molar-refractivity contribution is 5.87. The fraction of sp³-hybridized carbons (Fsp3) is 0.521. The Labute approximate surface area is 388 Å². The summed E-state index contributed by atoms with van der Waals surface area (Å²) in [6.07, 6.45) is -3.86. The number of benzene rings is 2. The number of pyridine rings is 1. The molecule has 0 aliphatic rings. The van der Waals surface area contributed by atoms with Crippen LogP contribution in [0.5, 0.6) is 0 Å². The van der Waals surface area contributed by atoms with Gasteiger partial charge in [0, 0.05) is 25.2 Å². The van der Waals surface area contributed by atoms with Crippen LogP contribution in [0.15, 0.2) is 79.0 Å². The number of alkyl carbamates (subject to hydrolysis) is 2. The van der Waals surface area contributed by atoms with E-state index in [0.29, 0.717) is 5.56 Å². The number of aromatic nitrogens is 1. The topological polar surface area (TPSA) is 216 Å². The number of carbonyl (C=O) groups excluding carboxylic acids is 6. The van der Waals surface area contributed by atoms with E-state index in [0.717, 1.165) is 16.8 Å². The number of ether oxygens (including phenoxy) is 5. The van der Waals surface area contributed by atoms with E-state index in [-0.39, 0.29) is 25.4 Å². The minimum atomic E-state index is -1.39. The predicted octanol–water partition coefficient (Wildman–Crippen LogP) is 5.85. The predicted molar refractivity (Wildman–Crippen MR) is 247 cm³/mol. The second-order valence-electron chi connectivity index (χ2n) is 18.6. The fourth-order valence-electron chi connectivity index (χ4n) is 7.11. The van der Waals surface area contributed by atoms with Crippen molar-refractivity contribution >= 4 is 36.1 Å². The van der Waals surface area contributed by atoms with Gasteiger partial charge < -0.3 is 39.6 Å². The van der Waals surface area contributed by atoms with Crippen LogP contribution in [0.25, 0.3) is 11.3 Å². The molecule has 1 unspecified atom stereocenters. The Morgan fingerprint density at radius 2 is 1.23 bits per heavy atom. The van der Waals surface area contributed by atoms with Crippen LogP contribution in [0.2, 0.25) is 0 Å². The van der Waals surface area contributed by atoms with Gasteiger partial charge in [-0.1, -0.05) is 116 Å². The van der Waals surface area contributed by atoms with Gasteiger partial charge in [-0.2, -0.15) is 0 Å². The van der Waals surface area contributed by atoms with Gasteiger partial charge >= 0.3 is 24.3 Å². The quantitative estimate of drug-likeness (QED) is 0.0453. The summed E-state index contributed by atoms with van der Waals surface area (Å²) in [5, 5.41) is 9.74. The van der Waals surface area contributed by atoms with Crippen molar-refractivity contribution in [1.82, 2.24) is 36.3 Å². The molecule has 6 atom stereocenters. The van der Waals surface area contributed by atoms with Crippen molar-refractivity contribution < 1.29 is 52.5 Å². The van der Waals surface area contributed by atoms with Gasteiger partial charge in [0.05, 0.1) is 32.5 Å². The minimum Gasteiger partial charge on any atom is -0.453 e. The molecule has 0 bridgehead atoms. The molecule has 0 aliphatic heterocycles. The molecule has 4 amide bonds. The van der Waals surface area contributed by atoms with E-state index in [1.165, 1.54) is 26.2 Å². The lowest BCUT2D eigenvalue weighted by atomic mass is 9.85. The van der Waals surface area contributed by atoms with Gasteiger partial charge in [-0.25, -0.2) is 19.4 Å². The first-order chi connectivity index (χ1) is 30.9. The van der Waals surface area contributed by atoms with Crippen LogP contribution >= 0.6 is 0 Å². The molecular weight excluding hydrogens is 851 g/mol. The lowest BCUT2D eigenvalue weighted by molar-refractivity contribution is -0.176. The van der Waals surface area contributed by atoms with Crippen LogP contribution in [0, 0.1) is 16.7 Å². The number of nitrogens with zero attached hydrogens (tertiary/aromatic N) is 3. The van der Waals surface area contributed by atoms with Crippen molar-refractivity contribution in [1.29, 1.82) is 0 Å². The lowest BCUT2D eigenvalue weighted by Gasteiger charge is -2.37. The van der Waals surface area contributed by atoms with Crippen molar-refractivity contribution in [3.8, 4) is 11.3 Å². The number of hydrogen-bond donors (Lipinski definition) is 4. The highest BCUT2D eigenvalue weighted by Gasteiger charge is 2.39. The zero-order valence-electron chi connectivity index (χ0n) is 40.5. The van der Waals surface area contributed by atoms with E-state index in [1.807, 2.05) is 86.6 Å². The number of nitrogens with one attached hydrogen (secondary N) is 4. The molecule has 0 fully saturated rings. The number of esters is 1. The SMILES string of the molecule is COC(=O)N[C@H](C(=O)N[C@@H](Cc1ccccc1)[C@H](CN(Cc1ccc(-c2ccccn2)cc1)NC(=O)[C@@H](NC(=O)OC)C(C)(C)C)OC(=O)OC(C)OC(=O)[C@@H](C(C)C)N(C)C)C(C)(C)C. The Balaban J connectivity index is 2.18. The van der Waals surface area contributed by atoms with Crippen LogP contribution in [0.3, 0.4) is 0 Å². The Morgan fingerprint density at radius 3 is 1.73 bits per heavy atom. The second-order valence-corrected chi connectivity index (χ2v) is 18.6. The first-order valence-electron chi connectivity index (χ1n) is 21.8. The number of amides is 4. The van der Waals surface area contributed by atoms with Gasteiger partial charge in [0.1, 0.15) is 24.2 Å². The summed E-state index contributed by atoms with van der Waals surface area (Å²) in [6, 6.07) is 18.2. The zero-order valence-corrected chi connectivity index (χ0v) is 40.5. The van der Waals surface area contributed by atoms with Crippen molar-refractivity contribution in [3.63, 3.8) is 0 Å². The Morgan fingerprint density at radius 1 is 0.667 bits per heavy atom. The maximum atomic E-state index is 14.4. The molecule has 3 aromatic rings. The molecule has 4 N–H and O–H groups in total. The van der Waals surface area contributed by atoms with Crippen molar-refractivity contribution in [3.05, 3.63) is 90.1 Å². The van der Waals surface area contributed by atoms with Crippen LogP contribution < -0.4 is 21.4 Å². The summed E-state index contributed by atoms with van der Waals surface area (Å²) in [4.78, 5) is 87.0. The minimum absolute atomic E-state index is 0.0217. The molecule has 18 heteroatoms. The molecular formula is C48H69N7O11. The number of methoxy groups -OCH3 is 2. The van der Waals surface area contributed by atoms with Crippen LogP contribution in [-0.2, 0) is 51.0 Å². The third kappa shape index (κ3) is 17.3. The second kappa shape index (κ2) is 24.9. The summed E-state index contributed by atoms with van der Waals surface area (Å²) >= 11 is 0. The van der Waals surface area contributed by atoms with E-state index < -0.39 is 83.5 Å². The smallest absolute Gasteiger partial charge is 0.453 e. The number of hydrazine groups is 1. The molecule has 0 radical (unpaired) electrons. The van der Waals surface area contributed by atoms with Crippen LogP contribution in [-0.4, -0.2) is 122 Å². The molecule has 2 aromatic carbocycles.